The summed E-state index contributed by atoms with van der Waals surface area (Å²) in [5.41, 5.74) is 1.64. The van der Waals surface area contributed by atoms with Crippen molar-refractivity contribution in [2.45, 2.75) is 55.5 Å². The van der Waals surface area contributed by atoms with E-state index >= 15 is 0 Å². The zero-order valence-electron chi connectivity index (χ0n) is 19.1. The van der Waals surface area contributed by atoms with Crippen LogP contribution in [-0.2, 0) is 11.3 Å². The van der Waals surface area contributed by atoms with Gasteiger partial charge >= 0.3 is 0 Å². The molecule has 0 aliphatic heterocycles. The molecule has 2 aromatic rings. The molecule has 4 saturated carbocycles. The summed E-state index contributed by atoms with van der Waals surface area (Å²) in [6.45, 7) is 0.439. The van der Waals surface area contributed by atoms with Gasteiger partial charge in [-0.15, -0.1) is 11.8 Å². The van der Waals surface area contributed by atoms with E-state index < -0.39 is 0 Å². The molecule has 4 aliphatic rings. The number of thioether (sulfide) groups is 1. The van der Waals surface area contributed by atoms with Gasteiger partial charge in [0.25, 0.3) is 5.91 Å². The van der Waals surface area contributed by atoms with E-state index in [1.165, 1.54) is 31.0 Å². The Kier molecular flexibility index (Phi) is 6.37. The van der Waals surface area contributed by atoms with Crippen LogP contribution in [0.3, 0.4) is 0 Å². The molecule has 5 nitrogen and oxygen atoms in total. The highest BCUT2D eigenvalue weighted by atomic mass is 32.2. The second kappa shape index (κ2) is 9.41. The van der Waals surface area contributed by atoms with Gasteiger partial charge < -0.3 is 15.4 Å². The number of rotatable bonds is 8. The Morgan fingerprint density at radius 2 is 1.61 bits per heavy atom. The molecule has 2 N–H and O–H groups in total. The van der Waals surface area contributed by atoms with E-state index in [9.17, 15) is 9.59 Å². The van der Waals surface area contributed by atoms with E-state index in [1.54, 1.807) is 7.11 Å². The molecule has 33 heavy (non-hydrogen) atoms. The van der Waals surface area contributed by atoms with E-state index in [2.05, 4.69) is 10.6 Å². The SMILES string of the molecule is COc1ccc(CNC(=O)c2ccccc2SCC(=O)NC23CC4CC(CC(C4)C2)C3)cc1. The summed E-state index contributed by atoms with van der Waals surface area (Å²) >= 11 is 1.45. The number of carbonyl (C=O) groups is 2. The molecule has 4 aliphatic carbocycles. The number of carbonyl (C=O) groups excluding carboxylic acids is 2. The highest BCUT2D eigenvalue weighted by Gasteiger charge is 2.51. The van der Waals surface area contributed by atoms with Crippen LogP contribution in [0.25, 0.3) is 0 Å². The van der Waals surface area contributed by atoms with Gasteiger partial charge in [0.2, 0.25) is 5.91 Å². The molecule has 174 valence electrons. The van der Waals surface area contributed by atoms with Crippen LogP contribution in [-0.4, -0.2) is 30.2 Å². The van der Waals surface area contributed by atoms with Crippen LogP contribution in [0.2, 0.25) is 0 Å². The summed E-state index contributed by atoms with van der Waals surface area (Å²) in [6, 6.07) is 15.2. The first-order valence-electron chi connectivity index (χ1n) is 12.0. The maximum atomic E-state index is 12.9. The fourth-order valence-electron chi connectivity index (χ4n) is 6.54. The van der Waals surface area contributed by atoms with Crippen molar-refractivity contribution in [2.75, 3.05) is 12.9 Å². The van der Waals surface area contributed by atoms with Crippen LogP contribution in [0.4, 0.5) is 0 Å². The van der Waals surface area contributed by atoms with E-state index in [0.29, 0.717) is 17.9 Å². The lowest BCUT2D eigenvalue weighted by atomic mass is 9.53. The van der Waals surface area contributed by atoms with Gasteiger partial charge in [-0.1, -0.05) is 24.3 Å². The molecule has 4 bridgehead atoms. The van der Waals surface area contributed by atoms with Gasteiger partial charge in [0.15, 0.2) is 0 Å². The van der Waals surface area contributed by atoms with E-state index in [1.807, 2.05) is 48.5 Å². The normalized spacial score (nSPS) is 27.2. The summed E-state index contributed by atoms with van der Waals surface area (Å²) in [4.78, 5) is 26.6. The van der Waals surface area contributed by atoms with Crippen molar-refractivity contribution in [1.29, 1.82) is 0 Å². The van der Waals surface area contributed by atoms with Crippen LogP contribution in [0.15, 0.2) is 53.4 Å². The zero-order chi connectivity index (χ0) is 22.8. The Balaban J connectivity index is 1.17. The van der Waals surface area contributed by atoms with Crippen molar-refractivity contribution in [3.8, 4) is 5.75 Å². The summed E-state index contributed by atoms with van der Waals surface area (Å²) in [7, 11) is 1.63. The molecule has 0 unspecified atom stereocenters. The molecular formula is C27H32N2O3S. The first-order valence-corrected chi connectivity index (χ1v) is 12.9. The van der Waals surface area contributed by atoms with Crippen LogP contribution in [0.1, 0.15) is 54.4 Å². The lowest BCUT2D eigenvalue weighted by Gasteiger charge is -2.56. The van der Waals surface area contributed by atoms with Gasteiger partial charge in [0, 0.05) is 17.0 Å². The number of nitrogens with one attached hydrogen (secondary N) is 2. The Bertz CT molecular complexity index is 985. The predicted molar refractivity (Wildman–Crippen MR) is 130 cm³/mol. The number of hydrogen-bond donors (Lipinski definition) is 2. The molecule has 0 spiro atoms. The number of amides is 2. The molecular weight excluding hydrogens is 432 g/mol. The molecule has 0 saturated heterocycles. The molecule has 0 heterocycles. The highest BCUT2D eigenvalue weighted by molar-refractivity contribution is 8.00. The summed E-state index contributed by atoms with van der Waals surface area (Å²) in [6.07, 6.45) is 7.55. The van der Waals surface area contributed by atoms with Crippen LogP contribution < -0.4 is 15.4 Å². The Labute approximate surface area is 200 Å². The van der Waals surface area contributed by atoms with E-state index in [0.717, 1.165) is 53.2 Å². The second-order valence-corrected chi connectivity index (χ2v) is 11.1. The van der Waals surface area contributed by atoms with Gasteiger partial charge in [-0.2, -0.15) is 0 Å². The standard InChI is InChI=1S/C27H32N2O3S/c1-32-22-8-6-18(7-9-22)16-28-26(31)23-4-2-3-5-24(23)33-17-25(30)29-27-13-19-10-20(14-27)12-21(11-19)15-27/h2-9,19-21H,10-17H2,1H3,(H,28,31)(H,29,30). The van der Waals surface area contributed by atoms with Crippen LogP contribution in [0, 0.1) is 17.8 Å². The molecule has 0 aromatic heterocycles. The lowest BCUT2D eigenvalue weighted by molar-refractivity contribution is -0.124. The number of methoxy groups -OCH3 is 1. The van der Waals surface area contributed by atoms with Gasteiger partial charge in [-0.05, 0) is 86.1 Å². The smallest absolute Gasteiger partial charge is 0.252 e. The number of ether oxygens (including phenoxy) is 1. The second-order valence-electron chi connectivity index (χ2n) is 10.1. The molecule has 4 fully saturated rings. The minimum atomic E-state index is -0.129. The van der Waals surface area contributed by atoms with Crippen molar-refractivity contribution in [3.05, 3.63) is 59.7 Å². The molecule has 6 rings (SSSR count). The topological polar surface area (TPSA) is 67.4 Å². The number of benzene rings is 2. The molecule has 0 atom stereocenters. The van der Waals surface area contributed by atoms with Gasteiger partial charge in [-0.25, -0.2) is 0 Å². The maximum Gasteiger partial charge on any atom is 0.252 e. The zero-order valence-corrected chi connectivity index (χ0v) is 20.0. The van der Waals surface area contributed by atoms with Gasteiger partial charge in [0.05, 0.1) is 18.4 Å². The van der Waals surface area contributed by atoms with Crippen LogP contribution >= 0.6 is 11.8 Å². The lowest BCUT2D eigenvalue weighted by Crippen LogP contribution is -2.60. The largest absolute Gasteiger partial charge is 0.497 e. The van der Waals surface area contributed by atoms with Crippen molar-refractivity contribution in [2.24, 2.45) is 17.8 Å². The van der Waals surface area contributed by atoms with E-state index in [4.69, 9.17) is 4.74 Å². The van der Waals surface area contributed by atoms with Gasteiger partial charge in [0.1, 0.15) is 5.75 Å². The third kappa shape index (κ3) is 5.06. The maximum absolute atomic E-state index is 12.9. The molecule has 6 heteroatoms. The average molecular weight is 465 g/mol. The first-order chi connectivity index (χ1) is 16.0. The minimum absolute atomic E-state index is 0.0294. The average Bonchev–Trinajstić information content (AvgIpc) is 2.80. The van der Waals surface area contributed by atoms with Gasteiger partial charge in [-0.3, -0.25) is 9.59 Å². The van der Waals surface area contributed by atoms with Crippen molar-refractivity contribution < 1.29 is 14.3 Å². The number of hydrogen-bond acceptors (Lipinski definition) is 4. The van der Waals surface area contributed by atoms with E-state index in [-0.39, 0.29) is 17.4 Å². The molecule has 0 radical (unpaired) electrons. The Morgan fingerprint density at radius 1 is 0.970 bits per heavy atom. The third-order valence-corrected chi connectivity index (χ3v) is 8.62. The van der Waals surface area contributed by atoms with Crippen molar-refractivity contribution in [3.63, 3.8) is 0 Å². The third-order valence-electron chi connectivity index (χ3n) is 7.55. The highest BCUT2D eigenvalue weighted by Crippen LogP contribution is 2.55. The summed E-state index contributed by atoms with van der Waals surface area (Å²) in [5, 5.41) is 6.42. The quantitative estimate of drug-likeness (QED) is 0.551. The summed E-state index contributed by atoms with van der Waals surface area (Å²) < 4.78 is 5.18. The molecule has 2 amide bonds. The molecule has 2 aromatic carbocycles. The summed E-state index contributed by atoms with van der Waals surface area (Å²) in [5.74, 6) is 3.51. The Morgan fingerprint density at radius 3 is 2.24 bits per heavy atom. The predicted octanol–water partition coefficient (Wildman–Crippen LogP) is 4.80. The Hall–Kier alpha value is -2.47. The van der Waals surface area contributed by atoms with Crippen molar-refractivity contribution >= 4 is 23.6 Å². The van der Waals surface area contributed by atoms with Crippen LogP contribution in [0.5, 0.6) is 5.75 Å². The monoisotopic (exact) mass is 464 g/mol. The minimum Gasteiger partial charge on any atom is -0.497 e. The first kappa shape index (κ1) is 22.3. The fourth-order valence-corrected chi connectivity index (χ4v) is 7.39. The fraction of sp³-hybridized carbons (Fsp3) is 0.481. The van der Waals surface area contributed by atoms with Crippen molar-refractivity contribution in [1.82, 2.24) is 10.6 Å².